The smallest absolute Gasteiger partial charge is 0.316 e. The molecule has 3 aliphatic rings. The molecule has 0 saturated carbocycles. The fourth-order valence-electron chi connectivity index (χ4n) is 11.0. The van der Waals surface area contributed by atoms with E-state index in [4.69, 9.17) is 18.9 Å². The first kappa shape index (κ1) is 74.5. The zero-order chi connectivity index (χ0) is 69.0. The molecule has 95 heavy (non-hydrogen) atoms. The third kappa shape index (κ3) is 20.6. The Morgan fingerprint density at radius 2 is 1.39 bits per heavy atom. The monoisotopic (exact) mass is 1370 g/mol. The number of amides is 9. The van der Waals surface area contributed by atoms with Crippen LogP contribution >= 0.6 is 23.7 Å². The number of methoxy groups -OCH3 is 1. The van der Waals surface area contributed by atoms with Crippen LogP contribution < -0.4 is 40.8 Å². The summed E-state index contributed by atoms with van der Waals surface area (Å²) in [7, 11) is 4.57. The molecule has 9 amide bonds. The highest BCUT2D eigenvalue weighted by atomic mass is 32.2. The van der Waals surface area contributed by atoms with Crippen molar-refractivity contribution in [3.8, 4) is 38.4 Å². The van der Waals surface area contributed by atoms with Crippen LogP contribution in [-0.4, -0.2) is 247 Å². The maximum Gasteiger partial charge on any atom is 0.316 e. The minimum Gasteiger partial charge on any atom is -0.504 e. The van der Waals surface area contributed by atoms with Crippen LogP contribution in [0.15, 0.2) is 66.7 Å². The quantitative estimate of drug-likeness (QED) is 0.0173. The number of unbranched alkanes of at least 4 members (excludes halogenated alkanes) is 4. The normalized spacial score (nSPS) is 24.2. The van der Waals surface area contributed by atoms with Crippen LogP contribution in [0.2, 0.25) is 0 Å². The molecule has 13 atom stereocenters. The number of nitrogens with zero attached hydrogens (tertiary/aromatic N) is 5. The van der Waals surface area contributed by atoms with Crippen LogP contribution in [0.3, 0.4) is 0 Å². The van der Waals surface area contributed by atoms with Crippen LogP contribution in [0.5, 0.6) is 17.2 Å². The van der Waals surface area contributed by atoms with Crippen LogP contribution in [-0.2, 0) is 49.3 Å². The summed E-state index contributed by atoms with van der Waals surface area (Å²) in [5.41, 5.74) is 1.49. The lowest BCUT2D eigenvalue weighted by Crippen LogP contribution is -2.64. The molecule has 0 unspecified atom stereocenters. The number of hydrogen-bond donors (Lipinski definition) is 14. The van der Waals surface area contributed by atoms with Gasteiger partial charge in [0.25, 0.3) is 18.2 Å². The predicted octanol–water partition coefficient (Wildman–Crippen LogP) is -0.474. The molecule has 34 heteroatoms. The van der Waals surface area contributed by atoms with Gasteiger partial charge in [0.05, 0.1) is 43.2 Å². The molecule has 7 rings (SSSR count). The second-order valence-corrected chi connectivity index (χ2v) is 25.0. The number of carbonyl (C=O) groups is 8. The lowest BCUT2D eigenvalue weighted by Gasteiger charge is -2.34. The van der Waals surface area contributed by atoms with Gasteiger partial charge in [-0.2, -0.15) is 0 Å². The van der Waals surface area contributed by atoms with E-state index in [1.165, 1.54) is 55.5 Å². The van der Waals surface area contributed by atoms with Crippen molar-refractivity contribution < 1.29 is 102 Å². The SMILES string of the molecule is COCCCCCCCOc1ccc(-c2nnc(-c3ccc(C(=O)N[C@H]4C[C@H](O)CNC(=O)[C@@H]5[C@@H](O)[C@H](C)CN5C(=O)[C@H]([C@H](O)CCNC(=O)N(C)C)NC(=O)[C@H]([C@H](O)Cc5ccc(O)c(OSOOO)c5)NC(=O)[C@@H]5C[C@@H](O)CN5C(=O)[C@H]([C@H](C)O)NC4=O)cc3)s2)cc1. The van der Waals surface area contributed by atoms with Gasteiger partial charge in [0.1, 0.15) is 52.0 Å². The van der Waals surface area contributed by atoms with Gasteiger partial charge in [-0.1, -0.05) is 65.1 Å². The third-order valence-electron chi connectivity index (χ3n) is 16.2. The molecule has 32 nitrogen and oxygen atoms in total. The van der Waals surface area contributed by atoms with Gasteiger partial charge in [0, 0.05) is 95.9 Å². The standard InChI is InChI=1S/C61H83N11O21S2/c1-32-30-72-50(51(32)79)56(84)63-29-38(74)27-41(64-52(80)35-12-14-36(15-13-35)57-68-69-58(94-57)37-16-18-40(19-17-37)90-24-10-8-6-7-9-23-89-5)53(81)65-47(33(2)73)59(85)71-31-39(75)28-42(71)54(82)66-48(45(78)25-34-11-20-43(76)46(26-34)91-95-93-92-88)55(83)67-49(60(72)86)44(77)21-22-62-61(87)70(3)4/h11-20,26,32-33,38-39,41-42,44-45,47-51,73-79,88H,6-10,21-25,27-31H2,1-5H3,(H,62,87)(H,63,84)(H,64,80)(H,65,81)(H,66,82)(H,67,83)/t32-,33+,38+,39-,41+,42+,44-,45-,47+,48+,49+,50+,51+/m1/s1. The Morgan fingerprint density at radius 3 is 2.04 bits per heavy atom. The predicted molar refractivity (Wildman–Crippen MR) is 339 cm³/mol. The molecular formula is C61H83N11O21S2. The Morgan fingerprint density at radius 1 is 0.758 bits per heavy atom. The van der Waals surface area contributed by atoms with Crippen LogP contribution in [0, 0.1) is 5.92 Å². The van der Waals surface area contributed by atoms with Crippen molar-refractivity contribution in [2.24, 2.45) is 5.92 Å². The molecule has 4 heterocycles. The van der Waals surface area contributed by atoms with Gasteiger partial charge in [0.15, 0.2) is 11.5 Å². The fraction of sp³-hybridized carbons (Fsp3) is 0.541. The Balaban J connectivity index is 1.16. The zero-order valence-electron chi connectivity index (χ0n) is 52.9. The molecule has 0 aliphatic carbocycles. The van der Waals surface area contributed by atoms with Gasteiger partial charge in [-0.3, -0.25) is 33.6 Å². The number of nitrogens with one attached hydrogen (secondary N) is 6. The molecule has 0 spiro atoms. The highest BCUT2D eigenvalue weighted by Gasteiger charge is 2.50. The molecule has 14 N–H and O–H groups in total. The topological polar surface area (TPSA) is 452 Å². The summed E-state index contributed by atoms with van der Waals surface area (Å²) in [5.74, 6) is -8.91. The molecule has 3 aromatic carbocycles. The van der Waals surface area contributed by atoms with Crippen molar-refractivity contribution in [2.45, 2.75) is 145 Å². The highest BCUT2D eigenvalue weighted by molar-refractivity contribution is 7.90. The molecule has 3 saturated heterocycles. The van der Waals surface area contributed by atoms with Gasteiger partial charge in [-0.05, 0) is 80.3 Å². The molecule has 3 fully saturated rings. The van der Waals surface area contributed by atoms with Crippen LogP contribution in [0.25, 0.3) is 21.1 Å². The lowest BCUT2D eigenvalue weighted by molar-refractivity contribution is -0.433. The number of ether oxygens (including phenoxy) is 2. The van der Waals surface area contributed by atoms with Gasteiger partial charge in [-0.15, -0.1) is 10.2 Å². The minimum absolute atomic E-state index is 0.00854. The number of aliphatic hydroxyl groups excluding tert-OH is 6. The summed E-state index contributed by atoms with van der Waals surface area (Å²) in [6.45, 7) is 2.01. The summed E-state index contributed by atoms with van der Waals surface area (Å²) in [6, 6.07) is 5.05. The van der Waals surface area contributed by atoms with Gasteiger partial charge < -0.3 is 96.0 Å². The number of fused-ring (bicyclic) bond motifs is 2. The van der Waals surface area contributed by atoms with E-state index in [9.17, 15) is 74.1 Å². The summed E-state index contributed by atoms with van der Waals surface area (Å²) in [4.78, 5) is 118. The van der Waals surface area contributed by atoms with E-state index in [-0.39, 0.29) is 42.3 Å². The van der Waals surface area contributed by atoms with Crippen molar-refractivity contribution >= 4 is 71.0 Å². The number of benzene rings is 3. The van der Waals surface area contributed by atoms with Crippen molar-refractivity contribution in [1.29, 1.82) is 0 Å². The molecule has 1 aromatic heterocycles. The van der Waals surface area contributed by atoms with E-state index in [0.717, 1.165) is 73.1 Å². The van der Waals surface area contributed by atoms with E-state index in [1.807, 2.05) is 24.3 Å². The van der Waals surface area contributed by atoms with Crippen molar-refractivity contribution in [3.63, 3.8) is 0 Å². The Hall–Kier alpha value is -7.87. The summed E-state index contributed by atoms with van der Waals surface area (Å²) < 4.78 is 20.4. The molecule has 520 valence electrons. The van der Waals surface area contributed by atoms with Gasteiger partial charge >= 0.3 is 6.03 Å². The average molecular weight is 1370 g/mol. The number of aromatic nitrogens is 2. The van der Waals surface area contributed by atoms with E-state index in [1.54, 1.807) is 19.2 Å². The first-order valence-corrected chi connectivity index (χ1v) is 32.3. The maximum absolute atomic E-state index is 15.0. The fourth-order valence-corrected chi connectivity index (χ4v) is 12.1. The number of phenols is 1. The number of phenolic OH excluding ortho intramolecular Hbond substituents is 1. The molecule has 0 bridgehead atoms. The highest BCUT2D eigenvalue weighted by Crippen LogP contribution is 2.33. The summed E-state index contributed by atoms with van der Waals surface area (Å²) >= 11 is 1.36. The second kappa shape index (κ2) is 35.8. The Kier molecular flexibility index (Phi) is 28.0. The number of rotatable bonds is 25. The van der Waals surface area contributed by atoms with Crippen molar-refractivity contribution in [1.82, 2.24) is 56.8 Å². The van der Waals surface area contributed by atoms with Gasteiger partial charge in [0.2, 0.25) is 35.4 Å². The molecule has 4 aromatic rings. The van der Waals surface area contributed by atoms with E-state index >= 15 is 0 Å². The number of β-amino-alcohol motifs (C(OH)–C–C–N with tert-alkyl or cyclic N) is 1. The van der Waals surface area contributed by atoms with Crippen molar-refractivity contribution in [3.05, 3.63) is 77.9 Å². The second-order valence-electron chi connectivity index (χ2n) is 23.6. The third-order valence-corrected chi connectivity index (χ3v) is 17.6. The van der Waals surface area contributed by atoms with E-state index in [0.29, 0.717) is 27.9 Å². The Bertz CT molecular complexity index is 3240. The van der Waals surface area contributed by atoms with E-state index in [2.05, 4.69) is 51.5 Å². The zero-order valence-corrected chi connectivity index (χ0v) is 54.5. The first-order valence-electron chi connectivity index (χ1n) is 30.8. The van der Waals surface area contributed by atoms with Crippen LogP contribution in [0.1, 0.15) is 81.1 Å². The van der Waals surface area contributed by atoms with E-state index < -0.39 is 171 Å². The maximum atomic E-state index is 15.0. The first-order chi connectivity index (χ1) is 45.4. The molecule has 3 aliphatic heterocycles. The lowest BCUT2D eigenvalue weighted by atomic mass is 9.98. The summed E-state index contributed by atoms with van der Waals surface area (Å²) in [6.07, 6.45) is -7.51. The minimum atomic E-state index is -2.16. The largest absolute Gasteiger partial charge is 0.504 e. The van der Waals surface area contributed by atoms with Crippen molar-refractivity contribution in [2.75, 3.05) is 60.6 Å². The number of urea groups is 1. The number of aromatic hydroxyl groups is 1. The number of aliphatic hydroxyl groups is 6. The average Bonchev–Trinajstić information content (AvgIpc) is 1.69. The molecular weight excluding hydrogens is 1290 g/mol. The summed E-state index contributed by atoms with van der Waals surface area (Å²) in [5, 5.41) is 116. The number of hydrogen-bond acceptors (Lipinski definition) is 25. The Labute approximate surface area is 555 Å². The van der Waals surface area contributed by atoms with Gasteiger partial charge in [-0.25, -0.2) is 10.1 Å². The molecule has 0 radical (unpaired) electrons. The van der Waals surface area contributed by atoms with Crippen LogP contribution in [0.4, 0.5) is 4.79 Å². The number of carbonyl (C=O) groups excluding carboxylic acids is 8.